The molecule has 0 aliphatic carbocycles. The molecule has 0 N–H and O–H groups in total. The van der Waals surface area contributed by atoms with Gasteiger partial charge in [-0.3, -0.25) is 9.59 Å². The minimum absolute atomic E-state index is 0.0966. The monoisotopic (exact) mass is 326 g/mol. The molecule has 0 amide bonds. The Morgan fingerprint density at radius 2 is 2.05 bits per heavy atom. The molecule has 8 nitrogen and oxygen atoms in total. The Balaban J connectivity index is 2.33. The highest BCUT2D eigenvalue weighted by Crippen LogP contribution is 2.20. The normalized spacial score (nSPS) is 12.2. The molecule has 118 valence electrons. The molecule has 0 saturated heterocycles. The average Bonchev–Trinajstić information content (AvgIpc) is 2.88. The molecule has 22 heavy (non-hydrogen) atoms. The fraction of sp³-hybridized carbons (Fsp3) is 0.462. The van der Waals surface area contributed by atoms with E-state index in [-0.39, 0.29) is 18.1 Å². The Hall–Kier alpha value is -2.22. The summed E-state index contributed by atoms with van der Waals surface area (Å²) in [4.78, 5) is 35.7. The van der Waals surface area contributed by atoms with Crippen molar-refractivity contribution in [3.8, 4) is 0 Å². The fourth-order valence-corrected chi connectivity index (χ4v) is 2.31. The number of nitrogens with zero attached hydrogens (tertiary/aromatic N) is 4. The standard InChI is InChI=1S/C13H15ClN4O4/c1-7-16-11(14)10-12(17-7)18(6-15-10)5-8(13(20)22-3)4-9(19)21-2/h6,8H,4-5H2,1-3H3. The highest BCUT2D eigenvalue weighted by atomic mass is 35.5. The van der Waals surface area contributed by atoms with Gasteiger partial charge in [-0.25, -0.2) is 15.0 Å². The lowest BCUT2D eigenvalue weighted by Gasteiger charge is -2.14. The second-order valence-corrected chi connectivity index (χ2v) is 4.99. The predicted octanol–water partition coefficient (Wildman–Crippen LogP) is 1.14. The maximum atomic E-state index is 11.8. The third-order valence-electron chi connectivity index (χ3n) is 3.13. The molecule has 1 atom stereocenters. The molecule has 0 radical (unpaired) electrons. The van der Waals surface area contributed by atoms with Gasteiger partial charge in [-0.15, -0.1) is 0 Å². The first-order valence-electron chi connectivity index (χ1n) is 6.45. The third-order valence-corrected chi connectivity index (χ3v) is 3.39. The molecule has 2 heterocycles. The minimum atomic E-state index is -0.705. The van der Waals surface area contributed by atoms with Crippen LogP contribution in [0.4, 0.5) is 0 Å². The van der Waals surface area contributed by atoms with Crippen molar-refractivity contribution in [1.29, 1.82) is 0 Å². The zero-order valence-electron chi connectivity index (χ0n) is 12.4. The summed E-state index contributed by atoms with van der Waals surface area (Å²) in [6.07, 6.45) is 1.40. The number of aromatic nitrogens is 4. The van der Waals surface area contributed by atoms with Gasteiger partial charge >= 0.3 is 11.9 Å². The molecule has 1 unspecified atom stereocenters. The van der Waals surface area contributed by atoms with E-state index in [1.807, 2.05) is 0 Å². The van der Waals surface area contributed by atoms with Crippen LogP contribution in [0.1, 0.15) is 12.2 Å². The molecule has 0 spiro atoms. The quantitative estimate of drug-likeness (QED) is 0.600. The van der Waals surface area contributed by atoms with Crippen molar-refractivity contribution in [1.82, 2.24) is 19.5 Å². The maximum Gasteiger partial charge on any atom is 0.311 e. The van der Waals surface area contributed by atoms with Crippen LogP contribution in [0.3, 0.4) is 0 Å². The molecule has 9 heteroatoms. The molecule has 0 aliphatic rings. The summed E-state index contributed by atoms with van der Waals surface area (Å²) in [6.45, 7) is 1.87. The number of aryl methyl sites for hydroxylation is 1. The van der Waals surface area contributed by atoms with Gasteiger partial charge in [0.15, 0.2) is 10.8 Å². The van der Waals surface area contributed by atoms with Crippen molar-refractivity contribution >= 4 is 34.7 Å². The molecule has 2 aromatic rings. The highest BCUT2D eigenvalue weighted by Gasteiger charge is 2.25. The number of methoxy groups -OCH3 is 2. The average molecular weight is 327 g/mol. The van der Waals surface area contributed by atoms with Crippen LogP contribution in [-0.4, -0.2) is 45.7 Å². The van der Waals surface area contributed by atoms with Crippen molar-refractivity contribution in [2.45, 2.75) is 19.9 Å². The van der Waals surface area contributed by atoms with Crippen molar-refractivity contribution in [3.63, 3.8) is 0 Å². The Morgan fingerprint density at radius 3 is 2.68 bits per heavy atom. The van der Waals surface area contributed by atoms with E-state index in [1.54, 1.807) is 11.5 Å². The van der Waals surface area contributed by atoms with Gasteiger partial charge in [-0.05, 0) is 6.92 Å². The van der Waals surface area contributed by atoms with Gasteiger partial charge in [-0.1, -0.05) is 11.6 Å². The predicted molar refractivity (Wildman–Crippen MR) is 77.2 cm³/mol. The number of esters is 2. The van der Waals surface area contributed by atoms with Crippen LogP contribution in [0.2, 0.25) is 5.15 Å². The van der Waals surface area contributed by atoms with Gasteiger partial charge in [0.2, 0.25) is 0 Å². The Morgan fingerprint density at radius 1 is 1.32 bits per heavy atom. The number of imidazole rings is 1. The van der Waals surface area contributed by atoms with Gasteiger partial charge in [-0.2, -0.15) is 0 Å². The summed E-state index contributed by atoms with van der Waals surface area (Å²) >= 11 is 6.02. The SMILES string of the molecule is COC(=O)CC(Cn1cnc2c(Cl)nc(C)nc21)C(=O)OC. The summed E-state index contributed by atoms with van der Waals surface area (Å²) in [6, 6.07) is 0. The zero-order chi connectivity index (χ0) is 16.3. The van der Waals surface area contributed by atoms with Gasteiger partial charge < -0.3 is 14.0 Å². The maximum absolute atomic E-state index is 11.8. The third kappa shape index (κ3) is 3.33. The number of carbonyl (C=O) groups is 2. The number of rotatable bonds is 5. The van der Waals surface area contributed by atoms with Gasteiger partial charge in [0.1, 0.15) is 11.3 Å². The van der Waals surface area contributed by atoms with Crippen LogP contribution in [0.15, 0.2) is 6.33 Å². The van der Waals surface area contributed by atoms with E-state index in [4.69, 9.17) is 16.3 Å². The minimum Gasteiger partial charge on any atom is -0.469 e. The largest absolute Gasteiger partial charge is 0.469 e. The summed E-state index contributed by atoms with van der Waals surface area (Å²) in [5.41, 5.74) is 0.935. The summed E-state index contributed by atoms with van der Waals surface area (Å²) < 4.78 is 11.0. The first-order valence-corrected chi connectivity index (χ1v) is 6.83. The fourth-order valence-electron chi connectivity index (χ4n) is 2.06. The first-order chi connectivity index (χ1) is 10.5. The van der Waals surface area contributed by atoms with Crippen LogP contribution in [0.25, 0.3) is 11.2 Å². The molecule has 2 rings (SSSR count). The lowest BCUT2D eigenvalue weighted by Crippen LogP contribution is -2.25. The van der Waals surface area contributed by atoms with E-state index >= 15 is 0 Å². The van der Waals surface area contributed by atoms with Crippen LogP contribution in [-0.2, 0) is 25.6 Å². The molecule has 0 fully saturated rings. The van der Waals surface area contributed by atoms with Gasteiger partial charge in [0.25, 0.3) is 0 Å². The van der Waals surface area contributed by atoms with E-state index in [2.05, 4.69) is 19.7 Å². The number of carbonyl (C=O) groups excluding carboxylic acids is 2. The van der Waals surface area contributed by atoms with Crippen molar-refractivity contribution in [2.24, 2.45) is 5.92 Å². The molecule has 0 saturated carbocycles. The molecule has 2 aromatic heterocycles. The van der Waals surface area contributed by atoms with Crippen LogP contribution < -0.4 is 0 Å². The highest BCUT2D eigenvalue weighted by molar-refractivity contribution is 6.33. The zero-order valence-corrected chi connectivity index (χ0v) is 13.1. The van der Waals surface area contributed by atoms with E-state index in [1.165, 1.54) is 20.5 Å². The lowest BCUT2D eigenvalue weighted by molar-refractivity contribution is -0.152. The number of halogens is 1. The van der Waals surface area contributed by atoms with E-state index in [9.17, 15) is 9.59 Å². The van der Waals surface area contributed by atoms with Gasteiger partial charge in [0, 0.05) is 6.54 Å². The Bertz CT molecular complexity index is 715. The second-order valence-electron chi connectivity index (χ2n) is 4.63. The van der Waals surface area contributed by atoms with E-state index in [0.717, 1.165) is 0 Å². The van der Waals surface area contributed by atoms with Crippen molar-refractivity contribution < 1.29 is 19.1 Å². The van der Waals surface area contributed by atoms with Crippen LogP contribution >= 0.6 is 11.6 Å². The van der Waals surface area contributed by atoms with Crippen LogP contribution in [0, 0.1) is 12.8 Å². The van der Waals surface area contributed by atoms with E-state index < -0.39 is 17.9 Å². The van der Waals surface area contributed by atoms with Gasteiger partial charge in [0.05, 0.1) is 32.9 Å². The van der Waals surface area contributed by atoms with Crippen molar-refractivity contribution in [2.75, 3.05) is 14.2 Å². The molecule has 0 bridgehead atoms. The molecular formula is C13H15ClN4O4. The number of hydrogen-bond donors (Lipinski definition) is 0. The summed E-state index contributed by atoms with van der Waals surface area (Å²) in [5, 5.41) is 0.240. The number of fused-ring (bicyclic) bond motifs is 1. The lowest BCUT2D eigenvalue weighted by atomic mass is 10.1. The molecule has 0 aliphatic heterocycles. The number of hydrogen-bond acceptors (Lipinski definition) is 7. The molecule has 0 aromatic carbocycles. The van der Waals surface area contributed by atoms with Crippen LogP contribution in [0.5, 0.6) is 0 Å². The topological polar surface area (TPSA) is 96.2 Å². The Kier molecular flexibility index (Phi) is 4.92. The van der Waals surface area contributed by atoms with E-state index in [0.29, 0.717) is 17.0 Å². The van der Waals surface area contributed by atoms with Crippen molar-refractivity contribution in [3.05, 3.63) is 17.3 Å². The summed E-state index contributed by atoms with van der Waals surface area (Å²) in [5.74, 6) is -1.22. The first kappa shape index (κ1) is 16.2. The molecular weight excluding hydrogens is 312 g/mol. The smallest absolute Gasteiger partial charge is 0.311 e. The number of ether oxygens (including phenoxy) is 2. The second kappa shape index (κ2) is 6.69. The Labute approximate surface area is 131 Å². The summed E-state index contributed by atoms with van der Waals surface area (Å²) in [7, 11) is 2.53.